The number of carbonyl (C=O) groups is 1. The van der Waals surface area contributed by atoms with Gasteiger partial charge in [-0.05, 0) is 45.0 Å². The number of nitrogens with one attached hydrogen (secondary N) is 1. The van der Waals surface area contributed by atoms with Gasteiger partial charge in [-0.25, -0.2) is 9.78 Å². The number of aromatic nitrogens is 1. The fraction of sp³-hybridized carbons (Fsp3) is 0.500. The lowest BCUT2D eigenvalue weighted by atomic mass is 10.2. The summed E-state index contributed by atoms with van der Waals surface area (Å²) in [5.74, 6) is 2.27. The molecule has 2 amide bonds. The molecular formula is C20H28N4O3. The van der Waals surface area contributed by atoms with Crippen LogP contribution in [-0.2, 0) is 6.54 Å². The second kappa shape index (κ2) is 8.43. The fourth-order valence-corrected chi connectivity index (χ4v) is 3.09. The van der Waals surface area contributed by atoms with Crippen LogP contribution in [0, 0.1) is 6.92 Å². The molecule has 1 saturated heterocycles. The van der Waals surface area contributed by atoms with Crippen molar-refractivity contribution < 1.29 is 13.9 Å². The van der Waals surface area contributed by atoms with Crippen molar-refractivity contribution in [1.82, 2.24) is 20.1 Å². The molecule has 0 radical (unpaired) electrons. The number of hydrogen-bond acceptors (Lipinski definition) is 5. The first-order valence-corrected chi connectivity index (χ1v) is 9.35. The van der Waals surface area contributed by atoms with Gasteiger partial charge in [0, 0.05) is 44.3 Å². The molecular weight excluding hydrogens is 344 g/mol. The summed E-state index contributed by atoms with van der Waals surface area (Å²) in [6.45, 7) is 9.73. The number of hydrogen-bond donors (Lipinski definition) is 1. The molecule has 1 N–H and O–H groups in total. The van der Waals surface area contributed by atoms with Crippen molar-refractivity contribution in [3.63, 3.8) is 0 Å². The van der Waals surface area contributed by atoms with Crippen molar-refractivity contribution in [1.29, 1.82) is 0 Å². The number of methoxy groups -OCH3 is 1. The van der Waals surface area contributed by atoms with E-state index < -0.39 is 0 Å². The molecule has 0 spiro atoms. The summed E-state index contributed by atoms with van der Waals surface area (Å²) in [6.07, 6.45) is 0. The lowest BCUT2D eigenvalue weighted by Gasteiger charge is -2.34. The maximum Gasteiger partial charge on any atom is 0.317 e. The molecule has 2 aromatic rings. The number of piperazine rings is 1. The standard InChI is InChI=1S/C20H28N4O3/c1-14(2)21-20(25)24-11-9-23(10-12-24)13-18-15(3)27-19(22-18)16-5-7-17(26-4)8-6-16/h5-8,14H,9-13H2,1-4H3,(H,21,25). The summed E-state index contributed by atoms with van der Waals surface area (Å²) in [4.78, 5) is 21.0. The highest BCUT2D eigenvalue weighted by Gasteiger charge is 2.23. The molecule has 0 saturated carbocycles. The molecule has 1 aromatic carbocycles. The normalized spacial score (nSPS) is 15.2. The number of rotatable bonds is 5. The van der Waals surface area contributed by atoms with Gasteiger partial charge < -0.3 is 19.4 Å². The Bertz CT molecular complexity index is 762. The van der Waals surface area contributed by atoms with Gasteiger partial charge >= 0.3 is 6.03 Å². The van der Waals surface area contributed by atoms with Crippen molar-refractivity contribution in [2.45, 2.75) is 33.4 Å². The first kappa shape index (κ1) is 19.2. The molecule has 27 heavy (non-hydrogen) atoms. The zero-order chi connectivity index (χ0) is 19.4. The van der Waals surface area contributed by atoms with Crippen LogP contribution in [0.3, 0.4) is 0 Å². The zero-order valence-corrected chi connectivity index (χ0v) is 16.5. The third-order valence-corrected chi connectivity index (χ3v) is 4.67. The van der Waals surface area contributed by atoms with Gasteiger partial charge in [-0.2, -0.15) is 0 Å². The van der Waals surface area contributed by atoms with E-state index >= 15 is 0 Å². The fourth-order valence-electron chi connectivity index (χ4n) is 3.09. The predicted octanol–water partition coefficient (Wildman–Crippen LogP) is 2.89. The van der Waals surface area contributed by atoms with E-state index in [2.05, 4.69) is 15.2 Å². The highest BCUT2D eigenvalue weighted by Crippen LogP contribution is 2.24. The molecule has 1 fully saturated rings. The molecule has 0 bridgehead atoms. The minimum Gasteiger partial charge on any atom is -0.497 e. The number of urea groups is 1. The van der Waals surface area contributed by atoms with E-state index in [9.17, 15) is 4.79 Å². The molecule has 146 valence electrons. The van der Waals surface area contributed by atoms with Gasteiger partial charge in [-0.3, -0.25) is 4.90 Å². The van der Waals surface area contributed by atoms with Gasteiger partial charge in [0.1, 0.15) is 11.5 Å². The highest BCUT2D eigenvalue weighted by molar-refractivity contribution is 5.74. The predicted molar refractivity (Wildman–Crippen MR) is 104 cm³/mol. The second-order valence-electron chi connectivity index (χ2n) is 7.12. The average Bonchev–Trinajstić information content (AvgIpc) is 3.02. The van der Waals surface area contributed by atoms with Gasteiger partial charge in [0.2, 0.25) is 5.89 Å². The summed E-state index contributed by atoms with van der Waals surface area (Å²) >= 11 is 0. The van der Waals surface area contributed by atoms with Gasteiger partial charge in [-0.1, -0.05) is 0 Å². The van der Waals surface area contributed by atoms with E-state index in [0.29, 0.717) is 5.89 Å². The number of benzene rings is 1. The van der Waals surface area contributed by atoms with Crippen LogP contribution >= 0.6 is 0 Å². The summed E-state index contributed by atoms with van der Waals surface area (Å²) in [7, 11) is 1.65. The van der Waals surface area contributed by atoms with Crippen LogP contribution in [0.2, 0.25) is 0 Å². The average molecular weight is 372 g/mol. The first-order valence-electron chi connectivity index (χ1n) is 9.35. The van der Waals surface area contributed by atoms with Gasteiger partial charge in [0.25, 0.3) is 0 Å². The van der Waals surface area contributed by atoms with E-state index in [1.54, 1.807) is 7.11 Å². The Morgan fingerprint density at radius 1 is 1.22 bits per heavy atom. The molecule has 0 unspecified atom stereocenters. The molecule has 1 aliphatic rings. The van der Waals surface area contributed by atoms with Crippen molar-refractivity contribution >= 4 is 6.03 Å². The van der Waals surface area contributed by atoms with E-state index in [0.717, 1.165) is 55.5 Å². The van der Waals surface area contributed by atoms with E-state index in [4.69, 9.17) is 9.15 Å². The van der Waals surface area contributed by atoms with Gasteiger partial charge in [0.05, 0.1) is 12.8 Å². The molecule has 3 rings (SSSR count). The van der Waals surface area contributed by atoms with Crippen LogP contribution in [0.25, 0.3) is 11.5 Å². The Labute approximate surface area is 160 Å². The smallest absolute Gasteiger partial charge is 0.317 e. The first-order chi connectivity index (χ1) is 13.0. The summed E-state index contributed by atoms with van der Waals surface area (Å²) < 4.78 is 11.1. The van der Waals surface area contributed by atoms with Crippen molar-refractivity contribution in [2.24, 2.45) is 0 Å². The van der Waals surface area contributed by atoms with Crippen LogP contribution in [0.5, 0.6) is 5.75 Å². The van der Waals surface area contributed by atoms with E-state index in [1.807, 2.05) is 49.9 Å². The number of aryl methyl sites for hydroxylation is 1. The Morgan fingerprint density at radius 2 is 1.89 bits per heavy atom. The number of ether oxygens (including phenoxy) is 1. The topological polar surface area (TPSA) is 70.8 Å². The highest BCUT2D eigenvalue weighted by atomic mass is 16.5. The van der Waals surface area contributed by atoms with Crippen LogP contribution in [0.4, 0.5) is 4.79 Å². The SMILES string of the molecule is COc1ccc(-c2nc(CN3CCN(C(=O)NC(C)C)CC3)c(C)o2)cc1. The van der Waals surface area contributed by atoms with Crippen LogP contribution in [-0.4, -0.2) is 60.1 Å². The lowest BCUT2D eigenvalue weighted by Crippen LogP contribution is -2.52. The third-order valence-electron chi connectivity index (χ3n) is 4.67. The Balaban J connectivity index is 1.59. The molecule has 7 nitrogen and oxygen atoms in total. The Kier molecular flexibility index (Phi) is 6.01. The monoisotopic (exact) mass is 372 g/mol. The molecule has 2 heterocycles. The quantitative estimate of drug-likeness (QED) is 0.874. The lowest BCUT2D eigenvalue weighted by molar-refractivity contribution is 0.133. The molecule has 1 aliphatic heterocycles. The summed E-state index contributed by atoms with van der Waals surface area (Å²) in [6, 6.07) is 7.86. The second-order valence-corrected chi connectivity index (χ2v) is 7.12. The Hall–Kier alpha value is -2.54. The van der Waals surface area contributed by atoms with E-state index in [-0.39, 0.29) is 12.1 Å². The molecule has 0 aliphatic carbocycles. The van der Waals surface area contributed by atoms with Crippen LogP contribution < -0.4 is 10.1 Å². The summed E-state index contributed by atoms with van der Waals surface area (Å²) in [5, 5.41) is 2.95. The number of nitrogens with zero attached hydrogens (tertiary/aromatic N) is 3. The molecule has 0 atom stereocenters. The zero-order valence-electron chi connectivity index (χ0n) is 16.5. The maximum absolute atomic E-state index is 12.1. The van der Waals surface area contributed by atoms with Crippen molar-refractivity contribution in [2.75, 3.05) is 33.3 Å². The summed E-state index contributed by atoms with van der Waals surface area (Å²) in [5.41, 5.74) is 1.88. The van der Waals surface area contributed by atoms with Crippen molar-refractivity contribution in [3.05, 3.63) is 35.7 Å². The minimum atomic E-state index is 0.0176. The van der Waals surface area contributed by atoms with E-state index in [1.165, 1.54) is 0 Å². The van der Waals surface area contributed by atoms with Crippen molar-refractivity contribution in [3.8, 4) is 17.2 Å². The third kappa shape index (κ3) is 4.80. The number of oxazole rings is 1. The van der Waals surface area contributed by atoms with Crippen LogP contribution in [0.1, 0.15) is 25.3 Å². The molecule has 1 aromatic heterocycles. The number of amides is 2. The Morgan fingerprint density at radius 3 is 2.48 bits per heavy atom. The minimum absolute atomic E-state index is 0.0176. The molecule has 7 heteroatoms. The van der Waals surface area contributed by atoms with Gasteiger partial charge in [-0.15, -0.1) is 0 Å². The van der Waals surface area contributed by atoms with Crippen LogP contribution in [0.15, 0.2) is 28.7 Å². The number of carbonyl (C=O) groups excluding carboxylic acids is 1. The maximum atomic E-state index is 12.1. The van der Waals surface area contributed by atoms with Gasteiger partial charge in [0.15, 0.2) is 0 Å². The largest absolute Gasteiger partial charge is 0.497 e.